The molecule has 1 atom stereocenters. The molecule has 6 nitrogen and oxygen atoms in total. The van der Waals surface area contributed by atoms with E-state index in [1.165, 1.54) is 11.3 Å². The Morgan fingerprint density at radius 2 is 2.42 bits per heavy atom. The summed E-state index contributed by atoms with van der Waals surface area (Å²) in [5.41, 5.74) is 0. The van der Waals surface area contributed by atoms with Gasteiger partial charge in [-0.25, -0.2) is 0 Å². The van der Waals surface area contributed by atoms with Gasteiger partial charge in [-0.1, -0.05) is 11.3 Å². The molecule has 1 aromatic rings. The molecule has 2 rings (SSSR count). The zero-order valence-electron chi connectivity index (χ0n) is 11.1. The lowest BCUT2D eigenvalue weighted by Gasteiger charge is -2.31. The van der Waals surface area contributed by atoms with Crippen LogP contribution in [0, 0.1) is 5.92 Å². The van der Waals surface area contributed by atoms with Gasteiger partial charge in [-0.2, -0.15) is 0 Å². The standard InChI is InChI=1S/C12H20N4O2S/c1-2-13-12-15-14-10(19-12)11(18)16-6-3-4-9(8-16)5-7-17/h9,17H,2-8H2,1H3,(H,13,15). The second-order valence-electron chi connectivity index (χ2n) is 4.71. The highest BCUT2D eigenvalue weighted by Gasteiger charge is 2.26. The molecule has 2 heterocycles. The van der Waals surface area contributed by atoms with Crippen molar-refractivity contribution in [1.82, 2.24) is 15.1 Å². The van der Waals surface area contributed by atoms with E-state index in [2.05, 4.69) is 15.5 Å². The number of aromatic nitrogens is 2. The second kappa shape index (κ2) is 6.81. The summed E-state index contributed by atoms with van der Waals surface area (Å²) >= 11 is 1.30. The van der Waals surface area contributed by atoms with Crippen molar-refractivity contribution in [2.45, 2.75) is 26.2 Å². The Morgan fingerprint density at radius 3 is 3.16 bits per heavy atom. The number of piperidine rings is 1. The Labute approximate surface area is 116 Å². The molecule has 19 heavy (non-hydrogen) atoms. The minimum absolute atomic E-state index is 0.0377. The first-order valence-corrected chi connectivity index (χ1v) is 7.53. The van der Waals surface area contributed by atoms with Gasteiger partial charge in [0.25, 0.3) is 5.91 Å². The van der Waals surface area contributed by atoms with Crippen molar-refractivity contribution in [1.29, 1.82) is 0 Å². The Kier molecular flexibility index (Phi) is 5.09. The summed E-state index contributed by atoms with van der Waals surface area (Å²) in [6.07, 6.45) is 2.85. The molecule has 1 saturated heterocycles. The minimum atomic E-state index is -0.0377. The Balaban J connectivity index is 1.97. The van der Waals surface area contributed by atoms with E-state index in [9.17, 15) is 4.79 Å². The molecule has 2 N–H and O–H groups in total. The van der Waals surface area contributed by atoms with Crippen LogP contribution in [0.2, 0.25) is 0 Å². The minimum Gasteiger partial charge on any atom is -0.396 e. The lowest BCUT2D eigenvalue weighted by Crippen LogP contribution is -2.40. The van der Waals surface area contributed by atoms with Gasteiger partial charge in [0.05, 0.1) is 0 Å². The van der Waals surface area contributed by atoms with E-state index >= 15 is 0 Å². The highest BCUT2D eigenvalue weighted by atomic mass is 32.1. The van der Waals surface area contributed by atoms with Crippen LogP contribution in [0.3, 0.4) is 0 Å². The highest BCUT2D eigenvalue weighted by Crippen LogP contribution is 2.23. The van der Waals surface area contributed by atoms with Crippen molar-refractivity contribution in [3.05, 3.63) is 5.01 Å². The van der Waals surface area contributed by atoms with Crippen LogP contribution >= 0.6 is 11.3 Å². The third-order valence-corrected chi connectivity index (χ3v) is 4.15. The maximum absolute atomic E-state index is 12.3. The fraction of sp³-hybridized carbons (Fsp3) is 0.750. The largest absolute Gasteiger partial charge is 0.396 e. The van der Waals surface area contributed by atoms with Crippen molar-refractivity contribution in [3.63, 3.8) is 0 Å². The fourth-order valence-electron chi connectivity index (χ4n) is 2.34. The van der Waals surface area contributed by atoms with E-state index in [4.69, 9.17) is 5.11 Å². The first kappa shape index (κ1) is 14.2. The SMILES string of the molecule is CCNc1nnc(C(=O)N2CCCC(CCO)C2)s1. The number of carbonyl (C=O) groups excluding carboxylic acids is 1. The van der Waals surface area contributed by atoms with Gasteiger partial charge in [-0.3, -0.25) is 4.79 Å². The maximum atomic E-state index is 12.3. The van der Waals surface area contributed by atoms with Crippen LogP contribution in [-0.2, 0) is 0 Å². The van der Waals surface area contributed by atoms with Gasteiger partial charge in [0.1, 0.15) is 0 Å². The molecule has 1 fully saturated rings. The summed E-state index contributed by atoms with van der Waals surface area (Å²) in [6.45, 7) is 4.43. The Hall–Kier alpha value is -1.21. The van der Waals surface area contributed by atoms with Crippen LogP contribution in [0.5, 0.6) is 0 Å². The average Bonchev–Trinajstić information content (AvgIpc) is 2.88. The lowest BCUT2D eigenvalue weighted by molar-refractivity contribution is 0.0652. The molecule has 106 valence electrons. The normalized spacial score (nSPS) is 19.5. The smallest absolute Gasteiger partial charge is 0.284 e. The maximum Gasteiger partial charge on any atom is 0.284 e. The van der Waals surface area contributed by atoms with Gasteiger partial charge in [0.15, 0.2) is 0 Å². The van der Waals surface area contributed by atoms with Crippen molar-refractivity contribution in [2.24, 2.45) is 5.92 Å². The zero-order valence-corrected chi connectivity index (χ0v) is 11.9. The zero-order chi connectivity index (χ0) is 13.7. The number of hydrogen-bond acceptors (Lipinski definition) is 6. The molecule has 0 aromatic carbocycles. The van der Waals surface area contributed by atoms with Gasteiger partial charge < -0.3 is 15.3 Å². The Bertz CT molecular complexity index is 422. The number of hydrogen-bond donors (Lipinski definition) is 2. The van der Waals surface area contributed by atoms with Gasteiger partial charge in [-0.15, -0.1) is 10.2 Å². The summed E-state index contributed by atoms with van der Waals surface area (Å²) in [5, 5.41) is 21.1. The third kappa shape index (κ3) is 3.63. The lowest BCUT2D eigenvalue weighted by atomic mass is 9.95. The summed E-state index contributed by atoms with van der Waals surface area (Å²) in [4.78, 5) is 14.1. The van der Waals surface area contributed by atoms with Crippen LogP contribution in [0.15, 0.2) is 0 Å². The van der Waals surface area contributed by atoms with Crippen molar-refractivity contribution < 1.29 is 9.90 Å². The third-order valence-electron chi connectivity index (χ3n) is 3.28. The van der Waals surface area contributed by atoms with E-state index in [0.717, 1.165) is 38.9 Å². The van der Waals surface area contributed by atoms with E-state index in [-0.39, 0.29) is 12.5 Å². The predicted molar refractivity (Wildman–Crippen MR) is 74.4 cm³/mol. The molecule has 0 radical (unpaired) electrons. The van der Waals surface area contributed by atoms with Gasteiger partial charge >= 0.3 is 0 Å². The number of aliphatic hydroxyl groups excluding tert-OH is 1. The van der Waals surface area contributed by atoms with E-state index in [0.29, 0.717) is 16.1 Å². The van der Waals surface area contributed by atoms with Crippen molar-refractivity contribution >= 4 is 22.4 Å². The fourth-order valence-corrected chi connectivity index (χ4v) is 3.11. The van der Waals surface area contributed by atoms with Crippen molar-refractivity contribution in [2.75, 3.05) is 31.6 Å². The molecule has 7 heteroatoms. The first-order chi connectivity index (χ1) is 9.24. The predicted octanol–water partition coefficient (Wildman–Crippen LogP) is 1.20. The number of nitrogens with zero attached hydrogens (tertiary/aromatic N) is 3. The molecule has 0 saturated carbocycles. The molecule has 0 spiro atoms. The Morgan fingerprint density at radius 1 is 1.58 bits per heavy atom. The molecule has 1 aromatic heterocycles. The highest BCUT2D eigenvalue weighted by molar-refractivity contribution is 7.17. The van der Waals surface area contributed by atoms with Crippen LogP contribution < -0.4 is 5.32 Å². The molecule has 1 amide bonds. The van der Waals surface area contributed by atoms with E-state index in [1.807, 2.05) is 11.8 Å². The van der Waals surface area contributed by atoms with Crippen molar-refractivity contribution in [3.8, 4) is 0 Å². The van der Waals surface area contributed by atoms with E-state index < -0.39 is 0 Å². The first-order valence-electron chi connectivity index (χ1n) is 6.72. The van der Waals surface area contributed by atoms with E-state index in [1.54, 1.807) is 0 Å². The summed E-state index contributed by atoms with van der Waals surface area (Å²) in [6, 6.07) is 0. The number of anilines is 1. The molecule has 0 bridgehead atoms. The molecule has 1 aliphatic heterocycles. The summed E-state index contributed by atoms with van der Waals surface area (Å²) in [7, 11) is 0. The van der Waals surface area contributed by atoms with Gasteiger partial charge in [0.2, 0.25) is 10.1 Å². The number of likely N-dealkylation sites (tertiary alicyclic amines) is 1. The molecular formula is C12H20N4O2S. The van der Waals surface area contributed by atoms with Crippen LogP contribution in [0.25, 0.3) is 0 Å². The summed E-state index contributed by atoms with van der Waals surface area (Å²) < 4.78 is 0. The van der Waals surface area contributed by atoms with Crippen LogP contribution in [0.4, 0.5) is 5.13 Å². The van der Waals surface area contributed by atoms with Crippen LogP contribution in [-0.4, -0.2) is 52.4 Å². The number of rotatable bonds is 5. The number of amides is 1. The number of carbonyl (C=O) groups is 1. The van der Waals surface area contributed by atoms with Gasteiger partial charge in [-0.05, 0) is 32.1 Å². The topological polar surface area (TPSA) is 78.4 Å². The second-order valence-corrected chi connectivity index (χ2v) is 5.69. The number of aliphatic hydroxyl groups is 1. The molecule has 1 unspecified atom stereocenters. The average molecular weight is 284 g/mol. The summed E-state index contributed by atoms with van der Waals surface area (Å²) in [5.74, 6) is 0.369. The monoisotopic (exact) mass is 284 g/mol. The number of nitrogens with one attached hydrogen (secondary N) is 1. The molecule has 1 aliphatic rings. The van der Waals surface area contributed by atoms with Crippen LogP contribution in [0.1, 0.15) is 36.0 Å². The van der Waals surface area contributed by atoms with Gasteiger partial charge in [0, 0.05) is 26.2 Å². The molecule has 0 aliphatic carbocycles. The quantitative estimate of drug-likeness (QED) is 0.849. The molecular weight excluding hydrogens is 264 g/mol.